The summed E-state index contributed by atoms with van der Waals surface area (Å²) >= 11 is 0. The second-order valence-electron chi connectivity index (χ2n) is 3.01. The van der Waals surface area contributed by atoms with E-state index in [1.165, 1.54) is 11.3 Å². The third-order valence-electron chi connectivity index (χ3n) is 2.42. The maximum atomic E-state index is 4.30. The molecule has 2 rings (SSSR count). The van der Waals surface area contributed by atoms with Gasteiger partial charge in [0.1, 0.15) is 6.20 Å². The van der Waals surface area contributed by atoms with Crippen LogP contribution in [-0.4, -0.2) is 9.55 Å². The molecule has 0 saturated heterocycles. The molecule has 4 heteroatoms. The fourth-order valence-electron chi connectivity index (χ4n) is 1.46. The molecular formula is C9H12IN3. The van der Waals surface area contributed by atoms with Gasteiger partial charge in [-0.3, -0.25) is 4.57 Å². The van der Waals surface area contributed by atoms with Gasteiger partial charge in [0.15, 0.2) is 5.52 Å². The molecule has 0 aliphatic heterocycles. The normalized spacial score (nSPS) is 10.1. The average molecular weight is 289 g/mol. The summed E-state index contributed by atoms with van der Waals surface area (Å²) in [6.07, 6.45) is 1.82. The van der Waals surface area contributed by atoms with Crippen LogP contribution in [0.15, 0.2) is 18.3 Å². The Morgan fingerprint density at radius 3 is 2.77 bits per heavy atom. The van der Waals surface area contributed by atoms with Crippen molar-refractivity contribution in [3.63, 3.8) is 0 Å². The van der Waals surface area contributed by atoms with Crippen molar-refractivity contribution in [1.82, 2.24) is 9.55 Å². The molecule has 0 atom stereocenters. The summed E-state index contributed by atoms with van der Waals surface area (Å²) in [5.74, 6) is 1.21. The Morgan fingerprint density at radius 1 is 1.46 bits per heavy atom. The van der Waals surface area contributed by atoms with E-state index in [1.807, 2.05) is 19.3 Å². The molecule has 0 bridgehead atoms. The predicted molar refractivity (Wildman–Crippen MR) is 46.6 cm³/mol. The fraction of sp³-hybridized carbons (Fsp3) is 0.333. The molecule has 3 nitrogen and oxygen atoms in total. The number of nitrogens with zero attached hydrogens (tertiary/aromatic N) is 3. The molecule has 0 unspecified atom stereocenters. The first-order valence-electron chi connectivity index (χ1n) is 3.98. The lowest BCUT2D eigenvalue weighted by molar-refractivity contribution is -0.654. The molecule has 0 spiro atoms. The van der Waals surface area contributed by atoms with Crippen LogP contribution in [0.1, 0.15) is 5.82 Å². The van der Waals surface area contributed by atoms with E-state index < -0.39 is 0 Å². The van der Waals surface area contributed by atoms with Crippen molar-refractivity contribution in [2.75, 3.05) is 0 Å². The second-order valence-corrected chi connectivity index (χ2v) is 3.01. The zero-order valence-electron chi connectivity index (χ0n) is 7.95. The van der Waals surface area contributed by atoms with Gasteiger partial charge >= 0.3 is 5.65 Å². The number of rotatable bonds is 0. The first-order valence-corrected chi connectivity index (χ1v) is 3.98. The molecule has 0 N–H and O–H groups in total. The number of aryl methyl sites for hydroxylation is 2. The summed E-state index contributed by atoms with van der Waals surface area (Å²) in [4.78, 5) is 4.30. The van der Waals surface area contributed by atoms with Gasteiger partial charge in [-0.05, 0) is 12.1 Å². The molecule has 70 valence electrons. The highest BCUT2D eigenvalue weighted by molar-refractivity contribution is 5.67. The van der Waals surface area contributed by atoms with Crippen LogP contribution in [0.4, 0.5) is 0 Å². The van der Waals surface area contributed by atoms with E-state index in [9.17, 15) is 0 Å². The highest BCUT2D eigenvalue weighted by Crippen LogP contribution is 2.07. The van der Waals surface area contributed by atoms with Crippen molar-refractivity contribution in [1.29, 1.82) is 0 Å². The van der Waals surface area contributed by atoms with Gasteiger partial charge in [0, 0.05) is 6.92 Å². The predicted octanol–water partition coefficient (Wildman–Crippen LogP) is -2.29. The van der Waals surface area contributed by atoms with Crippen LogP contribution in [0.25, 0.3) is 11.2 Å². The van der Waals surface area contributed by atoms with Gasteiger partial charge < -0.3 is 24.0 Å². The van der Waals surface area contributed by atoms with Crippen molar-refractivity contribution >= 4 is 11.2 Å². The molecular weight excluding hydrogens is 277 g/mol. The monoisotopic (exact) mass is 289 g/mol. The number of aromatic nitrogens is 3. The minimum atomic E-state index is 0. The Balaban J connectivity index is 0.000000845. The Bertz CT molecular complexity index is 395. The Morgan fingerprint density at radius 2 is 2.15 bits per heavy atom. The van der Waals surface area contributed by atoms with Crippen LogP contribution in [0, 0.1) is 6.92 Å². The smallest absolute Gasteiger partial charge is 0.301 e. The first kappa shape index (κ1) is 10.4. The van der Waals surface area contributed by atoms with Gasteiger partial charge in [0.05, 0.1) is 14.1 Å². The molecule has 13 heavy (non-hydrogen) atoms. The molecule has 2 heterocycles. The number of imidazole rings is 1. The van der Waals surface area contributed by atoms with E-state index in [-0.39, 0.29) is 24.0 Å². The van der Waals surface area contributed by atoms with Gasteiger partial charge in [-0.2, -0.15) is 0 Å². The maximum absolute atomic E-state index is 4.30. The minimum Gasteiger partial charge on any atom is -1.00 e. The van der Waals surface area contributed by atoms with Crippen LogP contribution in [0.3, 0.4) is 0 Å². The molecule has 0 amide bonds. The van der Waals surface area contributed by atoms with Crippen molar-refractivity contribution in [3.8, 4) is 0 Å². The summed E-state index contributed by atoms with van der Waals surface area (Å²) in [5, 5.41) is 0. The zero-order valence-corrected chi connectivity index (χ0v) is 10.1. The van der Waals surface area contributed by atoms with Gasteiger partial charge in [0.2, 0.25) is 5.82 Å². The molecule has 0 aliphatic rings. The van der Waals surface area contributed by atoms with Crippen molar-refractivity contribution in [2.45, 2.75) is 6.92 Å². The van der Waals surface area contributed by atoms with Crippen LogP contribution in [-0.2, 0) is 14.1 Å². The second kappa shape index (κ2) is 3.61. The first-order chi connectivity index (χ1) is 5.72. The van der Waals surface area contributed by atoms with E-state index in [0.717, 1.165) is 5.65 Å². The number of hydrogen-bond donors (Lipinski definition) is 0. The van der Waals surface area contributed by atoms with E-state index in [1.54, 1.807) is 0 Å². The Kier molecular flexibility index (Phi) is 2.90. The molecule has 0 saturated carbocycles. The van der Waals surface area contributed by atoms with Crippen LogP contribution in [0.5, 0.6) is 0 Å². The van der Waals surface area contributed by atoms with Crippen molar-refractivity contribution in [2.24, 2.45) is 14.1 Å². The Hall–Kier alpha value is -0.650. The zero-order chi connectivity index (χ0) is 8.72. The number of halogens is 1. The van der Waals surface area contributed by atoms with Crippen molar-refractivity contribution in [3.05, 3.63) is 24.2 Å². The van der Waals surface area contributed by atoms with Gasteiger partial charge in [-0.1, -0.05) is 0 Å². The molecule has 0 aromatic carbocycles. The molecule has 0 aliphatic carbocycles. The quantitative estimate of drug-likeness (QED) is 0.395. The third kappa shape index (κ3) is 1.43. The molecule has 2 aromatic rings. The lowest BCUT2D eigenvalue weighted by Gasteiger charge is -1.88. The highest BCUT2D eigenvalue weighted by Gasteiger charge is 2.14. The summed E-state index contributed by atoms with van der Waals surface area (Å²) in [7, 11) is 4.09. The van der Waals surface area contributed by atoms with Gasteiger partial charge in [0.25, 0.3) is 0 Å². The summed E-state index contributed by atoms with van der Waals surface area (Å²) < 4.78 is 4.23. The van der Waals surface area contributed by atoms with Gasteiger partial charge in [-0.15, -0.1) is 4.98 Å². The average Bonchev–Trinajstić information content (AvgIpc) is 2.33. The summed E-state index contributed by atoms with van der Waals surface area (Å²) in [5.41, 5.74) is 2.22. The van der Waals surface area contributed by atoms with E-state index in [4.69, 9.17) is 0 Å². The van der Waals surface area contributed by atoms with Crippen LogP contribution < -0.4 is 28.5 Å². The van der Waals surface area contributed by atoms with E-state index in [2.05, 4.69) is 34.2 Å². The minimum absolute atomic E-state index is 0. The summed E-state index contributed by atoms with van der Waals surface area (Å²) in [6, 6.07) is 4.04. The standard InChI is InChI=1S/C9H12N3.HI/c1-7-11(2)8-5-4-6-10-9(8)12(7)3;/h4-6H,1-3H3;1H/q+1;/p-1. The Labute approximate surface area is 94.4 Å². The fourth-order valence-corrected chi connectivity index (χ4v) is 1.46. The largest absolute Gasteiger partial charge is 1.00 e. The number of pyridine rings is 1. The lowest BCUT2D eigenvalue weighted by atomic mass is 10.4. The van der Waals surface area contributed by atoms with Crippen LogP contribution in [0.2, 0.25) is 0 Å². The van der Waals surface area contributed by atoms with E-state index in [0.29, 0.717) is 0 Å². The molecule has 0 radical (unpaired) electrons. The maximum Gasteiger partial charge on any atom is 0.301 e. The highest BCUT2D eigenvalue weighted by atomic mass is 127. The number of hydrogen-bond acceptors (Lipinski definition) is 1. The van der Waals surface area contributed by atoms with Crippen LogP contribution >= 0.6 is 0 Å². The topological polar surface area (TPSA) is 21.7 Å². The number of fused-ring (bicyclic) bond motifs is 1. The summed E-state index contributed by atoms with van der Waals surface area (Å²) in [6.45, 7) is 2.08. The molecule has 2 aromatic heterocycles. The molecule has 0 fully saturated rings. The third-order valence-corrected chi connectivity index (χ3v) is 2.42. The SMILES string of the molecule is Cc1n(C)c2cccnc2[n+]1C.[I-]. The lowest BCUT2D eigenvalue weighted by Crippen LogP contribution is -3.00. The van der Waals surface area contributed by atoms with E-state index >= 15 is 0 Å². The van der Waals surface area contributed by atoms with Gasteiger partial charge in [-0.25, -0.2) is 4.57 Å². The van der Waals surface area contributed by atoms with Crippen molar-refractivity contribution < 1.29 is 28.5 Å².